The standard InChI is InChI=1S/C20H23NO3/c1-21-16-10-15(19(20(23)24-2)17(21)11-18(16)22)14-8-7-12-5-3-4-6-13(12)9-14/h3-9,15-19,22H,10-11H2,1-2H3/t15-,16+,17+,18-,19-/m0/s1. The zero-order chi connectivity index (χ0) is 16.8. The van der Waals surface area contributed by atoms with Crippen molar-refractivity contribution in [2.75, 3.05) is 14.2 Å². The predicted octanol–water partition coefficient (Wildman–Crippen LogP) is 2.55. The van der Waals surface area contributed by atoms with Crippen LogP contribution in [0.15, 0.2) is 42.5 Å². The fraction of sp³-hybridized carbons (Fsp3) is 0.450. The van der Waals surface area contributed by atoms with Crippen molar-refractivity contribution in [3.63, 3.8) is 0 Å². The number of fused-ring (bicyclic) bond motifs is 3. The first-order valence-corrected chi connectivity index (χ1v) is 8.56. The number of piperidine rings is 1. The molecule has 0 aliphatic carbocycles. The number of methoxy groups -OCH3 is 1. The smallest absolute Gasteiger partial charge is 0.310 e. The minimum Gasteiger partial charge on any atom is -0.469 e. The first-order chi connectivity index (χ1) is 11.6. The maximum Gasteiger partial charge on any atom is 0.310 e. The van der Waals surface area contributed by atoms with Crippen molar-refractivity contribution in [1.29, 1.82) is 0 Å². The topological polar surface area (TPSA) is 49.8 Å². The van der Waals surface area contributed by atoms with Crippen molar-refractivity contribution in [2.24, 2.45) is 5.92 Å². The average molecular weight is 325 g/mol. The highest BCUT2D eigenvalue weighted by Gasteiger charge is 2.53. The van der Waals surface area contributed by atoms with Gasteiger partial charge in [-0.25, -0.2) is 0 Å². The van der Waals surface area contributed by atoms with Gasteiger partial charge in [-0.1, -0.05) is 42.5 Å². The van der Waals surface area contributed by atoms with E-state index in [1.165, 1.54) is 23.4 Å². The second kappa shape index (κ2) is 5.87. The van der Waals surface area contributed by atoms with Gasteiger partial charge in [-0.3, -0.25) is 9.69 Å². The molecule has 5 atom stereocenters. The van der Waals surface area contributed by atoms with E-state index in [2.05, 4.69) is 35.2 Å². The lowest BCUT2D eigenvalue weighted by molar-refractivity contribution is -0.150. The molecule has 0 saturated carbocycles. The Hall–Kier alpha value is -1.91. The molecule has 126 valence electrons. The van der Waals surface area contributed by atoms with E-state index in [0.29, 0.717) is 6.42 Å². The highest BCUT2D eigenvalue weighted by molar-refractivity contribution is 5.83. The third-order valence-corrected chi connectivity index (χ3v) is 5.99. The molecule has 1 N–H and O–H groups in total. The van der Waals surface area contributed by atoms with Crippen LogP contribution in [0.1, 0.15) is 24.3 Å². The molecule has 2 aromatic rings. The molecular formula is C20H23NO3. The third kappa shape index (κ3) is 2.33. The molecule has 0 radical (unpaired) electrons. The number of hydrogen-bond acceptors (Lipinski definition) is 4. The second-order valence-corrected chi connectivity index (χ2v) is 7.10. The third-order valence-electron chi connectivity index (χ3n) is 5.99. The van der Waals surface area contributed by atoms with Crippen molar-refractivity contribution < 1.29 is 14.6 Å². The number of aliphatic hydroxyl groups is 1. The maximum atomic E-state index is 12.5. The van der Waals surface area contributed by atoms with E-state index >= 15 is 0 Å². The molecular weight excluding hydrogens is 302 g/mol. The van der Waals surface area contributed by atoms with Gasteiger partial charge in [-0.05, 0) is 36.2 Å². The van der Waals surface area contributed by atoms with Gasteiger partial charge in [0.2, 0.25) is 0 Å². The Bertz CT molecular complexity index is 774. The number of nitrogens with zero attached hydrogens (tertiary/aromatic N) is 1. The number of hydrogen-bond donors (Lipinski definition) is 1. The zero-order valence-electron chi connectivity index (χ0n) is 14.1. The van der Waals surface area contributed by atoms with Crippen molar-refractivity contribution in [3.8, 4) is 0 Å². The summed E-state index contributed by atoms with van der Waals surface area (Å²) in [5, 5.41) is 12.8. The van der Waals surface area contributed by atoms with Crippen LogP contribution in [0.3, 0.4) is 0 Å². The van der Waals surface area contributed by atoms with E-state index in [9.17, 15) is 9.90 Å². The number of ether oxygens (including phenoxy) is 1. The molecule has 24 heavy (non-hydrogen) atoms. The summed E-state index contributed by atoms with van der Waals surface area (Å²) in [6.45, 7) is 0. The van der Waals surface area contributed by atoms with E-state index in [0.717, 1.165) is 6.42 Å². The lowest BCUT2D eigenvalue weighted by atomic mass is 9.76. The Morgan fingerprint density at radius 2 is 1.88 bits per heavy atom. The van der Waals surface area contributed by atoms with Crippen molar-refractivity contribution in [2.45, 2.75) is 36.9 Å². The Labute approximate surface area is 142 Å². The molecule has 0 amide bonds. The monoisotopic (exact) mass is 325 g/mol. The van der Waals surface area contributed by atoms with Crippen LogP contribution >= 0.6 is 0 Å². The zero-order valence-corrected chi connectivity index (χ0v) is 14.1. The fourth-order valence-electron chi connectivity index (χ4n) is 4.73. The van der Waals surface area contributed by atoms with Crippen LogP contribution in [-0.4, -0.2) is 48.3 Å². The largest absolute Gasteiger partial charge is 0.469 e. The van der Waals surface area contributed by atoms with Gasteiger partial charge in [0, 0.05) is 18.0 Å². The number of carbonyl (C=O) groups excluding carboxylic acids is 1. The van der Waals surface area contributed by atoms with Crippen LogP contribution in [0.4, 0.5) is 0 Å². The normalized spacial score (nSPS) is 32.9. The summed E-state index contributed by atoms with van der Waals surface area (Å²) in [6, 6.07) is 14.9. The minimum absolute atomic E-state index is 0.0441. The summed E-state index contributed by atoms with van der Waals surface area (Å²) in [7, 11) is 3.47. The van der Waals surface area contributed by atoms with Crippen molar-refractivity contribution in [1.82, 2.24) is 4.90 Å². The quantitative estimate of drug-likeness (QED) is 0.862. The SMILES string of the molecule is COC(=O)[C@@H]1[C@H]2C[C@H](O)[C@@H](C[C@H]1c1ccc3ccccc3c1)N2C. The van der Waals surface area contributed by atoms with Crippen LogP contribution in [0.2, 0.25) is 0 Å². The van der Waals surface area contributed by atoms with Crippen LogP contribution in [-0.2, 0) is 9.53 Å². The molecule has 4 heteroatoms. The second-order valence-electron chi connectivity index (χ2n) is 7.10. The summed E-state index contributed by atoms with van der Waals surface area (Å²) in [5.74, 6) is -0.308. The number of aliphatic hydroxyl groups excluding tert-OH is 1. The van der Waals surface area contributed by atoms with E-state index in [1.807, 2.05) is 19.2 Å². The van der Waals surface area contributed by atoms with E-state index in [1.54, 1.807) is 0 Å². The molecule has 4 rings (SSSR count). The lowest BCUT2D eigenvalue weighted by Crippen LogP contribution is -2.49. The van der Waals surface area contributed by atoms with Gasteiger partial charge >= 0.3 is 5.97 Å². The summed E-state index contributed by atoms with van der Waals surface area (Å²) < 4.78 is 5.12. The number of benzene rings is 2. The number of carbonyl (C=O) groups is 1. The van der Waals surface area contributed by atoms with Gasteiger partial charge in [0.1, 0.15) is 0 Å². The van der Waals surface area contributed by atoms with E-state index in [4.69, 9.17) is 4.74 Å². The first kappa shape index (κ1) is 15.6. The molecule has 0 spiro atoms. The predicted molar refractivity (Wildman–Crippen MR) is 92.8 cm³/mol. The molecule has 2 saturated heterocycles. The van der Waals surface area contributed by atoms with Crippen LogP contribution in [0.25, 0.3) is 10.8 Å². The van der Waals surface area contributed by atoms with E-state index in [-0.39, 0.29) is 36.0 Å². The molecule has 0 unspecified atom stereocenters. The van der Waals surface area contributed by atoms with Gasteiger partial charge in [0.05, 0.1) is 19.1 Å². The Kier molecular flexibility index (Phi) is 3.82. The van der Waals surface area contributed by atoms with Crippen molar-refractivity contribution >= 4 is 16.7 Å². The van der Waals surface area contributed by atoms with Crippen LogP contribution in [0, 0.1) is 5.92 Å². The maximum absolute atomic E-state index is 12.5. The minimum atomic E-state index is -0.363. The summed E-state index contributed by atoms with van der Waals surface area (Å²) >= 11 is 0. The highest BCUT2D eigenvalue weighted by atomic mass is 16.5. The van der Waals surface area contributed by atoms with Gasteiger partial charge < -0.3 is 9.84 Å². The lowest BCUT2D eigenvalue weighted by Gasteiger charge is -2.41. The summed E-state index contributed by atoms with van der Waals surface area (Å²) in [4.78, 5) is 14.7. The molecule has 2 aliphatic heterocycles. The van der Waals surface area contributed by atoms with E-state index < -0.39 is 0 Å². The van der Waals surface area contributed by atoms with Gasteiger partial charge in [0.25, 0.3) is 0 Å². The van der Waals surface area contributed by atoms with Gasteiger partial charge in [-0.2, -0.15) is 0 Å². The fourth-order valence-corrected chi connectivity index (χ4v) is 4.73. The Balaban J connectivity index is 1.77. The van der Waals surface area contributed by atoms with Crippen LogP contribution in [0.5, 0.6) is 0 Å². The van der Waals surface area contributed by atoms with Gasteiger partial charge in [0.15, 0.2) is 0 Å². The molecule has 2 heterocycles. The van der Waals surface area contributed by atoms with Gasteiger partial charge in [-0.15, -0.1) is 0 Å². The molecule has 2 aromatic carbocycles. The number of rotatable bonds is 2. The number of likely N-dealkylation sites (N-methyl/N-ethyl adjacent to an activating group) is 1. The molecule has 2 aliphatic rings. The molecule has 0 aromatic heterocycles. The Morgan fingerprint density at radius 3 is 2.62 bits per heavy atom. The van der Waals surface area contributed by atoms with Crippen molar-refractivity contribution in [3.05, 3.63) is 48.0 Å². The Morgan fingerprint density at radius 1 is 1.12 bits per heavy atom. The number of esters is 1. The highest BCUT2D eigenvalue weighted by Crippen LogP contribution is 2.47. The summed E-state index contributed by atoms with van der Waals surface area (Å²) in [5.41, 5.74) is 1.17. The summed E-state index contributed by atoms with van der Waals surface area (Å²) in [6.07, 6.45) is 1.06. The molecule has 2 fully saturated rings. The first-order valence-electron chi connectivity index (χ1n) is 8.56. The molecule has 2 bridgehead atoms. The van der Waals surface area contributed by atoms with Crippen LogP contribution < -0.4 is 0 Å². The molecule has 4 nitrogen and oxygen atoms in total. The average Bonchev–Trinajstić information content (AvgIpc) is 2.79.